The lowest BCUT2D eigenvalue weighted by molar-refractivity contribution is -0.143. The van der Waals surface area contributed by atoms with Crippen LogP contribution < -0.4 is 5.32 Å². The van der Waals surface area contributed by atoms with Crippen LogP contribution in [0.5, 0.6) is 0 Å². The fourth-order valence-electron chi connectivity index (χ4n) is 7.74. The standard InChI is InChI=1S/C52H99NO5/c1-3-5-7-9-11-13-15-17-18-21-24-28-32-36-40-44-50(55)49(48-54)53-51(56)45-41-37-33-29-25-22-19-20-23-27-31-35-39-43-47-58-52(57)46-42-38-34-30-26-16-14-12-10-8-6-4-2/h12,14,40,44,49-50,54-55H,3-11,13,15-39,41-43,45-48H2,1-2H3,(H,53,56)/b14-12-,44-40+. The molecule has 0 aromatic heterocycles. The van der Waals surface area contributed by atoms with Crippen LogP contribution >= 0.6 is 0 Å². The van der Waals surface area contributed by atoms with Gasteiger partial charge in [0.25, 0.3) is 0 Å². The lowest BCUT2D eigenvalue weighted by Gasteiger charge is -2.20. The number of carbonyl (C=O) groups excluding carboxylic acids is 2. The normalized spacial score (nSPS) is 12.8. The third-order valence-electron chi connectivity index (χ3n) is 11.7. The van der Waals surface area contributed by atoms with Crippen LogP contribution in [0.25, 0.3) is 0 Å². The van der Waals surface area contributed by atoms with Gasteiger partial charge in [-0.15, -0.1) is 0 Å². The van der Waals surface area contributed by atoms with Gasteiger partial charge in [0.2, 0.25) is 5.91 Å². The number of esters is 1. The summed E-state index contributed by atoms with van der Waals surface area (Å²) in [7, 11) is 0. The summed E-state index contributed by atoms with van der Waals surface area (Å²) in [6.07, 6.45) is 56.0. The molecule has 0 heterocycles. The van der Waals surface area contributed by atoms with E-state index in [9.17, 15) is 19.8 Å². The number of allylic oxidation sites excluding steroid dienone is 3. The van der Waals surface area contributed by atoms with Crippen molar-refractivity contribution in [3.05, 3.63) is 24.3 Å². The van der Waals surface area contributed by atoms with Crippen LogP contribution in [-0.4, -0.2) is 47.4 Å². The summed E-state index contributed by atoms with van der Waals surface area (Å²) in [6.45, 7) is 4.85. The smallest absolute Gasteiger partial charge is 0.305 e. The molecule has 0 aromatic rings. The van der Waals surface area contributed by atoms with Crippen molar-refractivity contribution in [3.63, 3.8) is 0 Å². The highest BCUT2D eigenvalue weighted by Gasteiger charge is 2.18. The second-order valence-corrected chi connectivity index (χ2v) is 17.5. The third-order valence-corrected chi connectivity index (χ3v) is 11.7. The van der Waals surface area contributed by atoms with Crippen LogP contribution in [0.1, 0.15) is 271 Å². The molecule has 3 N–H and O–H groups in total. The minimum atomic E-state index is -0.851. The van der Waals surface area contributed by atoms with Crippen molar-refractivity contribution in [3.8, 4) is 0 Å². The Morgan fingerprint density at radius 3 is 1.26 bits per heavy atom. The molecule has 0 aliphatic heterocycles. The molecule has 0 aliphatic rings. The maximum absolute atomic E-state index is 12.4. The monoisotopic (exact) mass is 818 g/mol. The van der Waals surface area contributed by atoms with Crippen molar-refractivity contribution in [2.75, 3.05) is 13.2 Å². The molecule has 0 aromatic carbocycles. The van der Waals surface area contributed by atoms with Crippen molar-refractivity contribution in [2.24, 2.45) is 0 Å². The number of carbonyl (C=O) groups is 2. The zero-order valence-electron chi connectivity index (χ0n) is 38.8. The van der Waals surface area contributed by atoms with Crippen molar-refractivity contribution < 1.29 is 24.5 Å². The van der Waals surface area contributed by atoms with Crippen LogP contribution in [0.2, 0.25) is 0 Å². The zero-order valence-corrected chi connectivity index (χ0v) is 38.8. The zero-order chi connectivity index (χ0) is 42.3. The average Bonchev–Trinajstić information content (AvgIpc) is 3.22. The van der Waals surface area contributed by atoms with E-state index in [0.717, 1.165) is 57.8 Å². The molecular formula is C52H99NO5. The summed E-state index contributed by atoms with van der Waals surface area (Å²) in [6, 6.07) is -0.635. The maximum Gasteiger partial charge on any atom is 0.305 e. The molecule has 0 saturated heterocycles. The van der Waals surface area contributed by atoms with Crippen LogP contribution in [0.3, 0.4) is 0 Å². The van der Waals surface area contributed by atoms with E-state index in [1.54, 1.807) is 6.08 Å². The predicted molar refractivity (Wildman–Crippen MR) is 250 cm³/mol. The summed E-state index contributed by atoms with van der Waals surface area (Å²) < 4.78 is 5.44. The van der Waals surface area contributed by atoms with Crippen molar-refractivity contribution in [2.45, 2.75) is 283 Å². The summed E-state index contributed by atoms with van der Waals surface area (Å²) in [5.74, 6) is -0.0923. The van der Waals surface area contributed by atoms with E-state index in [0.29, 0.717) is 19.4 Å². The Morgan fingerprint density at radius 1 is 0.466 bits per heavy atom. The number of amides is 1. The van der Waals surface area contributed by atoms with Gasteiger partial charge < -0.3 is 20.3 Å². The lowest BCUT2D eigenvalue weighted by atomic mass is 10.0. The first kappa shape index (κ1) is 56.3. The number of aliphatic hydroxyl groups is 2. The molecule has 6 heteroatoms. The third kappa shape index (κ3) is 43.9. The fraction of sp³-hybridized carbons (Fsp3) is 0.885. The molecule has 2 atom stereocenters. The van der Waals surface area contributed by atoms with Crippen LogP contribution in [0.4, 0.5) is 0 Å². The number of nitrogens with one attached hydrogen (secondary N) is 1. The van der Waals surface area contributed by atoms with Crippen LogP contribution in [0, 0.1) is 0 Å². The van der Waals surface area contributed by atoms with E-state index < -0.39 is 12.1 Å². The maximum atomic E-state index is 12.4. The molecule has 0 rings (SSSR count). The van der Waals surface area contributed by atoms with Gasteiger partial charge in [0.15, 0.2) is 0 Å². The summed E-state index contributed by atoms with van der Waals surface area (Å²) in [5.41, 5.74) is 0. The number of hydrogen-bond acceptors (Lipinski definition) is 5. The summed E-state index contributed by atoms with van der Waals surface area (Å²) in [5, 5.41) is 23.1. The van der Waals surface area contributed by atoms with E-state index in [4.69, 9.17) is 4.74 Å². The Balaban J connectivity index is 3.49. The molecule has 0 fully saturated rings. The molecule has 0 spiro atoms. The van der Waals surface area contributed by atoms with Gasteiger partial charge in [-0.05, 0) is 57.8 Å². The van der Waals surface area contributed by atoms with Crippen molar-refractivity contribution in [1.82, 2.24) is 5.32 Å². The Labute approximate surface area is 361 Å². The first-order valence-electron chi connectivity index (χ1n) is 25.6. The predicted octanol–water partition coefficient (Wildman–Crippen LogP) is 15.1. The van der Waals surface area contributed by atoms with Gasteiger partial charge in [-0.25, -0.2) is 0 Å². The molecule has 2 unspecified atom stereocenters. The molecule has 58 heavy (non-hydrogen) atoms. The molecule has 6 nitrogen and oxygen atoms in total. The SMILES string of the molecule is CCCCC/C=C\CCCCCCCC(=O)OCCCCCCCCCCCCCCCCC(=O)NC(CO)C(O)/C=C/CCCCCCCCCCCCCCC. The Morgan fingerprint density at radius 2 is 0.810 bits per heavy atom. The number of unbranched alkanes of at least 4 members (excludes halogenated alkanes) is 34. The fourth-order valence-corrected chi connectivity index (χ4v) is 7.74. The summed E-state index contributed by atoms with van der Waals surface area (Å²) >= 11 is 0. The Bertz CT molecular complexity index is 904. The molecule has 0 saturated carbocycles. The number of aliphatic hydroxyl groups excluding tert-OH is 2. The van der Waals surface area contributed by atoms with E-state index in [-0.39, 0.29) is 18.5 Å². The highest BCUT2D eigenvalue weighted by Crippen LogP contribution is 2.16. The van der Waals surface area contributed by atoms with E-state index >= 15 is 0 Å². The molecule has 0 bridgehead atoms. The van der Waals surface area contributed by atoms with Gasteiger partial charge in [-0.2, -0.15) is 0 Å². The highest BCUT2D eigenvalue weighted by atomic mass is 16.5. The van der Waals surface area contributed by atoms with Crippen molar-refractivity contribution >= 4 is 11.9 Å². The number of hydrogen-bond donors (Lipinski definition) is 3. The first-order chi connectivity index (χ1) is 28.5. The second-order valence-electron chi connectivity index (χ2n) is 17.5. The quantitative estimate of drug-likeness (QED) is 0.0323. The second kappa shape index (κ2) is 48.0. The number of rotatable bonds is 47. The van der Waals surface area contributed by atoms with Gasteiger partial charge in [0, 0.05) is 12.8 Å². The largest absolute Gasteiger partial charge is 0.466 e. The van der Waals surface area contributed by atoms with Crippen LogP contribution in [0.15, 0.2) is 24.3 Å². The van der Waals surface area contributed by atoms with Gasteiger partial charge in [0.05, 0.1) is 25.4 Å². The Kier molecular flexibility index (Phi) is 46.6. The van der Waals surface area contributed by atoms with Crippen LogP contribution in [-0.2, 0) is 14.3 Å². The highest BCUT2D eigenvalue weighted by molar-refractivity contribution is 5.76. The average molecular weight is 818 g/mol. The molecule has 0 radical (unpaired) electrons. The van der Waals surface area contributed by atoms with Gasteiger partial charge in [0.1, 0.15) is 0 Å². The lowest BCUT2D eigenvalue weighted by Crippen LogP contribution is -2.45. The topological polar surface area (TPSA) is 95.9 Å². The van der Waals surface area contributed by atoms with Crippen molar-refractivity contribution in [1.29, 1.82) is 0 Å². The molecule has 0 aliphatic carbocycles. The molecule has 342 valence electrons. The summed E-state index contributed by atoms with van der Waals surface area (Å²) in [4.78, 5) is 24.4. The van der Waals surface area contributed by atoms with Gasteiger partial charge in [-0.3, -0.25) is 9.59 Å². The van der Waals surface area contributed by atoms with E-state index in [2.05, 4.69) is 31.3 Å². The van der Waals surface area contributed by atoms with E-state index in [1.807, 2.05) is 6.08 Å². The van der Waals surface area contributed by atoms with Gasteiger partial charge >= 0.3 is 5.97 Å². The van der Waals surface area contributed by atoms with Gasteiger partial charge in [-0.1, -0.05) is 224 Å². The van der Waals surface area contributed by atoms with E-state index in [1.165, 1.54) is 186 Å². The minimum absolute atomic E-state index is 0.0138. The number of ether oxygens (including phenoxy) is 1. The molecule has 1 amide bonds. The molecular weight excluding hydrogens is 719 g/mol. The first-order valence-corrected chi connectivity index (χ1v) is 25.6. The minimum Gasteiger partial charge on any atom is -0.466 e. The Hall–Kier alpha value is -1.66.